The van der Waals surface area contributed by atoms with Gasteiger partial charge in [0.1, 0.15) is 23.1 Å². The van der Waals surface area contributed by atoms with Crippen LogP contribution in [0.1, 0.15) is 21.9 Å². The maximum absolute atomic E-state index is 13.2. The molecule has 2 aromatic heterocycles. The van der Waals surface area contributed by atoms with Crippen LogP contribution >= 0.6 is 0 Å². The summed E-state index contributed by atoms with van der Waals surface area (Å²) in [6, 6.07) is 9.34. The van der Waals surface area contributed by atoms with Crippen molar-refractivity contribution in [1.82, 2.24) is 20.2 Å². The zero-order valence-electron chi connectivity index (χ0n) is 12.8. The Morgan fingerprint density at radius 1 is 1.33 bits per heavy atom. The minimum absolute atomic E-state index is 0.121. The number of methoxy groups -OCH3 is 1. The van der Waals surface area contributed by atoms with E-state index in [2.05, 4.69) is 25.5 Å². The molecule has 0 atom stereocenters. The maximum Gasteiger partial charge on any atom is 0.276 e. The van der Waals surface area contributed by atoms with Crippen LogP contribution in [0.2, 0.25) is 0 Å². The van der Waals surface area contributed by atoms with Crippen molar-refractivity contribution in [2.75, 3.05) is 12.4 Å². The predicted molar refractivity (Wildman–Crippen MR) is 84.3 cm³/mol. The standard InChI is InChI=1S/C16H14FN5O2/c1-24-12-5-6-18-13(9-12)15(23)20-16-19-14(21-22-16)8-10-3-2-4-11(17)7-10/h2-7,9H,8H2,1H3,(H2,19,20,21,22,23). The number of carbonyl (C=O) groups excluding carboxylic acids is 1. The van der Waals surface area contributed by atoms with Gasteiger partial charge in [0, 0.05) is 18.7 Å². The van der Waals surface area contributed by atoms with Gasteiger partial charge < -0.3 is 4.74 Å². The number of benzene rings is 1. The third kappa shape index (κ3) is 3.72. The van der Waals surface area contributed by atoms with Gasteiger partial charge in [-0.3, -0.25) is 20.2 Å². The predicted octanol–water partition coefficient (Wildman–Crippen LogP) is 2.19. The van der Waals surface area contributed by atoms with Gasteiger partial charge in [-0.05, 0) is 23.8 Å². The number of ether oxygens (including phenoxy) is 1. The van der Waals surface area contributed by atoms with Crippen LogP contribution in [-0.2, 0) is 6.42 Å². The van der Waals surface area contributed by atoms with Crippen molar-refractivity contribution in [3.05, 3.63) is 65.5 Å². The van der Waals surface area contributed by atoms with Gasteiger partial charge in [-0.25, -0.2) is 4.39 Å². The molecule has 3 aromatic rings. The Kier molecular flexibility index (Phi) is 4.46. The zero-order valence-corrected chi connectivity index (χ0v) is 12.8. The number of halogens is 1. The number of pyridine rings is 1. The van der Waals surface area contributed by atoms with Crippen molar-refractivity contribution in [3.8, 4) is 5.75 Å². The van der Waals surface area contributed by atoms with Gasteiger partial charge in [0.25, 0.3) is 5.91 Å². The molecule has 0 aliphatic heterocycles. The summed E-state index contributed by atoms with van der Waals surface area (Å²) in [5.74, 6) is 0.386. The molecule has 0 fully saturated rings. The van der Waals surface area contributed by atoms with Gasteiger partial charge in [0.05, 0.1) is 7.11 Å². The van der Waals surface area contributed by atoms with Crippen LogP contribution < -0.4 is 10.1 Å². The number of aromatic nitrogens is 4. The highest BCUT2D eigenvalue weighted by atomic mass is 19.1. The number of hydrogen-bond donors (Lipinski definition) is 2. The summed E-state index contributed by atoms with van der Waals surface area (Å²) >= 11 is 0. The Bertz CT molecular complexity index is 865. The van der Waals surface area contributed by atoms with Crippen LogP contribution in [0, 0.1) is 5.82 Å². The summed E-state index contributed by atoms with van der Waals surface area (Å²) in [6.07, 6.45) is 1.85. The molecule has 2 N–H and O–H groups in total. The van der Waals surface area contributed by atoms with Crippen LogP contribution in [0.5, 0.6) is 5.75 Å². The number of nitrogens with zero attached hydrogens (tertiary/aromatic N) is 3. The molecular formula is C16H14FN5O2. The molecule has 0 bridgehead atoms. The largest absolute Gasteiger partial charge is 0.497 e. The third-order valence-electron chi connectivity index (χ3n) is 3.22. The number of nitrogens with one attached hydrogen (secondary N) is 2. The lowest BCUT2D eigenvalue weighted by atomic mass is 10.1. The van der Waals surface area contributed by atoms with Gasteiger partial charge in [-0.2, -0.15) is 4.98 Å². The second-order valence-electron chi connectivity index (χ2n) is 4.95. The summed E-state index contributed by atoms with van der Waals surface area (Å²) in [7, 11) is 1.50. The first kappa shape index (κ1) is 15.6. The average molecular weight is 327 g/mol. The molecule has 0 aliphatic rings. The van der Waals surface area contributed by atoms with E-state index in [0.717, 1.165) is 5.56 Å². The molecule has 122 valence electrons. The smallest absolute Gasteiger partial charge is 0.276 e. The van der Waals surface area contributed by atoms with Crippen molar-refractivity contribution in [1.29, 1.82) is 0 Å². The van der Waals surface area contributed by atoms with Crippen LogP contribution in [0.3, 0.4) is 0 Å². The van der Waals surface area contributed by atoms with Crippen molar-refractivity contribution < 1.29 is 13.9 Å². The first-order valence-electron chi connectivity index (χ1n) is 7.11. The molecule has 1 amide bonds. The highest BCUT2D eigenvalue weighted by Gasteiger charge is 2.12. The van der Waals surface area contributed by atoms with Crippen molar-refractivity contribution in [3.63, 3.8) is 0 Å². The number of H-pyrrole nitrogens is 1. The zero-order chi connectivity index (χ0) is 16.9. The Morgan fingerprint density at radius 2 is 2.21 bits per heavy atom. The van der Waals surface area contributed by atoms with Gasteiger partial charge in [0.2, 0.25) is 5.95 Å². The molecule has 2 heterocycles. The fraction of sp³-hybridized carbons (Fsp3) is 0.125. The quantitative estimate of drug-likeness (QED) is 0.749. The summed E-state index contributed by atoms with van der Waals surface area (Å²) in [4.78, 5) is 20.3. The lowest BCUT2D eigenvalue weighted by Gasteiger charge is -2.02. The SMILES string of the molecule is COc1ccnc(C(=O)Nc2n[nH]c(Cc3cccc(F)c3)n2)c1. The number of anilines is 1. The molecule has 8 heteroatoms. The van der Waals surface area contributed by atoms with E-state index in [4.69, 9.17) is 4.74 Å². The summed E-state index contributed by atoms with van der Waals surface area (Å²) in [6.45, 7) is 0. The summed E-state index contributed by atoms with van der Waals surface area (Å²) in [5, 5.41) is 9.17. The first-order valence-corrected chi connectivity index (χ1v) is 7.11. The Labute approximate surface area is 136 Å². The van der Waals surface area contributed by atoms with Crippen LogP contribution in [0.25, 0.3) is 0 Å². The maximum atomic E-state index is 13.2. The Balaban J connectivity index is 1.68. The first-order chi connectivity index (χ1) is 11.6. The van der Waals surface area contributed by atoms with Crippen molar-refractivity contribution in [2.45, 2.75) is 6.42 Å². The highest BCUT2D eigenvalue weighted by Crippen LogP contribution is 2.12. The van der Waals surface area contributed by atoms with E-state index in [1.165, 1.54) is 31.5 Å². The average Bonchev–Trinajstić information content (AvgIpc) is 3.01. The molecular weight excluding hydrogens is 313 g/mol. The fourth-order valence-electron chi connectivity index (χ4n) is 2.10. The molecule has 0 unspecified atom stereocenters. The molecule has 0 saturated heterocycles. The summed E-state index contributed by atoms with van der Waals surface area (Å²) < 4.78 is 18.2. The minimum Gasteiger partial charge on any atom is -0.497 e. The normalized spacial score (nSPS) is 10.4. The molecule has 24 heavy (non-hydrogen) atoms. The van der Waals surface area contributed by atoms with E-state index in [1.807, 2.05) is 0 Å². The van der Waals surface area contributed by atoms with E-state index >= 15 is 0 Å². The second kappa shape index (κ2) is 6.86. The van der Waals surface area contributed by atoms with Crippen LogP contribution in [0.4, 0.5) is 10.3 Å². The highest BCUT2D eigenvalue weighted by molar-refractivity contribution is 6.02. The molecule has 0 saturated carbocycles. The number of aromatic amines is 1. The fourth-order valence-corrected chi connectivity index (χ4v) is 2.10. The Hall–Kier alpha value is -3.29. The topological polar surface area (TPSA) is 92.8 Å². The van der Waals surface area contributed by atoms with Crippen molar-refractivity contribution >= 4 is 11.9 Å². The number of carbonyl (C=O) groups is 1. The number of amides is 1. The van der Waals surface area contributed by atoms with E-state index in [-0.39, 0.29) is 17.5 Å². The van der Waals surface area contributed by atoms with Crippen LogP contribution in [0.15, 0.2) is 42.6 Å². The van der Waals surface area contributed by atoms with Gasteiger partial charge >= 0.3 is 0 Å². The van der Waals surface area contributed by atoms with Gasteiger partial charge in [0.15, 0.2) is 0 Å². The van der Waals surface area contributed by atoms with E-state index in [0.29, 0.717) is 18.0 Å². The summed E-state index contributed by atoms with van der Waals surface area (Å²) in [5.41, 5.74) is 0.935. The third-order valence-corrected chi connectivity index (χ3v) is 3.22. The van der Waals surface area contributed by atoms with Gasteiger partial charge in [-0.15, -0.1) is 5.10 Å². The molecule has 1 aromatic carbocycles. The minimum atomic E-state index is -0.454. The molecule has 3 rings (SSSR count). The van der Waals surface area contributed by atoms with E-state index < -0.39 is 5.91 Å². The monoisotopic (exact) mass is 327 g/mol. The number of rotatable bonds is 5. The molecule has 7 nitrogen and oxygen atoms in total. The molecule has 0 radical (unpaired) electrons. The molecule has 0 spiro atoms. The Morgan fingerprint density at radius 3 is 3.00 bits per heavy atom. The number of hydrogen-bond acceptors (Lipinski definition) is 5. The van der Waals surface area contributed by atoms with Crippen LogP contribution in [-0.4, -0.2) is 33.2 Å². The lowest BCUT2D eigenvalue weighted by molar-refractivity contribution is 0.102. The van der Waals surface area contributed by atoms with Crippen molar-refractivity contribution in [2.24, 2.45) is 0 Å². The van der Waals surface area contributed by atoms with Gasteiger partial charge in [-0.1, -0.05) is 12.1 Å². The van der Waals surface area contributed by atoms with E-state index in [1.54, 1.807) is 18.2 Å². The molecule has 0 aliphatic carbocycles. The lowest BCUT2D eigenvalue weighted by Crippen LogP contribution is -2.14. The van der Waals surface area contributed by atoms with E-state index in [9.17, 15) is 9.18 Å². The second-order valence-corrected chi connectivity index (χ2v) is 4.95.